The minimum Gasteiger partial charge on any atom is -0.493 e. The van der Waals surface area contributed by atoms with Crippen molar-refractivity contribution in [3.05, 3.63) is 42.0 Å². The summed E-state index contributed by atoms with van der Waals surface area (Å²) < 4.78 is 6.86. The molecular weight excluding hydrogens is 230 g/mol. The molecule has 0 atom stereocenters. The quantitative estimate of drug-likeness (QED) is 0.774. The minimum atomic E-state index is -0.133. The molecule has 2 rings (SSSR count). The smallest absolute Gasteiger partial charge is 0.216 e. The Bertz CT molecular complexity index is 547. The molecule has 0 N–H and O–H groups in total. The van der Waals surface area contributed by atoms with Crippen molar-refractivity contribution in [2.45, 2.75) is 19.9 Å². The molecule has 0 radical (unpaired) electrons. The van der Waals surface area contributed by atoms with Crippen LogP contribution in [0.1, 0.15) is 35.9 Å². The van der Waals surface area contributed by atoms with E-state index in [4.69, 9.17) is 4.74 Å². The van der Waals surface area contributed by atoms with Gasteiger partial charge in [0.25, 0.3) is 0 Å². The van der Waals surface area contributed by atoms with Gasteiger partial charge in [0.15, 0.2) is 11.4 Å². The predicted molar refractivity (Wildman–Crippen MR) is 66.8 cm³/mol. The largest absolute Gasteiger partial charge is 0.493 e. The molecule has 5 nitrogen and oxygen atoms in total. The summed E-state index contributed by atoms with van der Waals surface area (Å²) in [6.45, 7) is 3.93. The molecule has 2 heterocycles. The molecule has 2 aromatic rings. The number of pyridine rings is 1. The molecule has 0 saturated heterocycles. The molecule has 0 spiro atoms. The van der Waals surface area contributed by atoms with Gasteiger partial charge in [0, 0.05) is 24.0 Å². The first kappa shape index (κ1) is 12.3. The highest BCUT2D eigenvalue weighted by Crippen LogP contribution is 2.23. The average Bonchev–Trinajstić information content (AvgIpc) is 2.82. The third kappa shape index (κ3) is 2.11. The van der Waals surface area contributed by atoms with Crippen LogP contribution in [0.15, 0.2) is 30.7 Å². The van der Waals surface area contributed by atoms with E-state index in [9.17, 15) is 4.79 Å². The highest BCUT2D eigenvalue weighted by molar-refractivity contribution is 6.09. The number of hydrogen-bond acceptors (Lipinski definition) is 4. The van der Waals surface area contributed by atoms with Crippen LogP contribution in [0.2, 0.25) is 0 Å². The SMILES string of the molecule is COc1cnn(C(C)C)c1C(=O)c1cccnc1. The Balaban J connectivity index is 2.50. The van der Waals surface area contributed by atoms with Crippen LogP contribution in [-0.4, -0.2) is 27.7 Å². The Hall–Kier alpha value is -2.17. The molecule has 0 bridgehead atoms. The third-order valence-electron chi connectivity index (χ3n) is 2.61. The number of aromatic nitrogens is 3. The molecule has 94 valence electrons. The molecule has 0 amide bonds. The highest BCUT2D eigenvalue weighted by Gasteiger charge is 2.22. The number of carbonyl (C=O) groups excluding carboxylic acids is 1. The Morgan fingerprint density at radius 1 is 1.39 bits per heavy atom. The van der Waals surface area contributed by atoms with Gasteiger partial charge in [-0.15, -0.1) is 0 Å². The van der Waals surface area contributed by atoms with Crippen LogP contribution in [0.3, 0.4) is 0 Å². The maximum atomic E-state index is 12.4. The second-order valence-corrected chi connectivity index (χ2v) is 4.17. The van der Waals surface area contributed by atoms with Gasteiger partial charge >= 0.3 is 0 Å². The molecule has 0 unspecified atom stereocenters. The van der Waals surface area contributed by atoms with Gasteiger partial charge in [-0.25, -0.2) is 0 Å². The fraction of sp³-hybridized carbons (Fsp3) is 0.308. The van der Waals surface area contributed by atoms with E-state index in [0.717, 1.165) is 0 Å². The molecule has 0 aliphatic carbocycles. The Morgan fingerprint density at radius 3 is 2.72 bits per heavy atom. The Morgan fingerprint density at radius 2 is 2.17 bits per heavy atom. The first-order valence-corrected chi connectivity index (χ1v) is 5.71. The molecule has 2 aromatic heterocycles. The molecule has 18 heavy (non-hydrogen) atoms. The van der Waals surface area contributed by atoms with E-state index in [1.165, 1.54) is 7.11 Å². The molecule has 0 aliphatic rings. The Labute approximate surface area is 105 Å². The van der Waals surface area contributed by atoms with Gasteiger partial charge in [0.1, 0.15) is 0 Å². The van der Waals surface area contributed by atoms with Crippen LogP contribution >= 0.6 is 0 Å². The number of ether oxygens (including phenoxy) is 1. The summed E-state index contributed by atoms with van der Waals surface area (Å²) in [6, 6.07) is 3.55. The lowest BCUT2D eigenvalue weighted by Crippen LogP contribution is -2.14. The number of nitrogens with zero attached hydrogens (tertiary/aromatic N) is 3. The summed E-state index contributed by atoms with van der Waals surface area (Å²) in [7, 11) is 1.53. The van der Waals surface area contributed by atoms with E-state index in [1.54, 1.807) is 35.4 Å². The minimum absolute atomic E-state index is 0.0875. The maximum Gasteiger partial charge on any atom is 0.216 e. The molecule has 0 aliphatic heterocycles. The lowest BCUT2D eigenvalue weighted by atomic mass is 10.1. The van der Waals surface area contributed by atoms with Gasteiger partial charge < -0.3 is 4.74 Å². The monoisotopic (exact) mass is 245 g/mol. The van der Waals surface area contributed by atoms with E-state index < -0.39 is 0 Å². The van der Waals surface area contributed by atoms with Gasteiger partial charge in [-0.2, -0.15) is 5.10 Å². The lowest BCUT2D eigenvalue weighted by molar-refractivity contribution is 0.102. The molecule has 0 aromatic carbocycles. The van der Waals surface area contributed by atoms with E-state index in [1.807, 2.05) is 13.8 Å². The summed E-state index contributed by atoms with van der Waals surface area (Å²) in [5.41, 5.74) is 0.985. The van der Waals surface area contributed by atoms with Gasteiger partial charge in [-0.3, -0.25) is 14.5 Å². The number of hydrogen-bond donors (Lipinski definition) is 0. The van der Waals surface area contributed by atoms with Crippen molar-refractivity contribution >= 4 is 5.78 Å². The predicted octanol–water partition coefficient (Wildman–Crippen LogP) is 2.10. The standard InChI is InChI=1S/C13H15N3O2/c1-9(2)16-12(11(18-3)8-15-16)13(17)10-5-4-6-14-7-10/h4-9H,1-3H3. The topological polar surface area (TPSA) is 57.0 Å². The van der Waals surface area contributed by atoms with E-state index >= 15 is 0 Å². The molecule has 0 fully saturated rings. The fourth-order valence-corrected chi connectivity index (χ4v) is 1.74. The van der Waals surface area contributed by atoms with Crippen LogP contribution in [-0.2, 0) is 0 Å². The number of rotatable bonds is 4. The number of ketones is 1. The maximum absolute atomic E-state index is 12.4. The highest BCUT2D eigenvalue weighted by atomic mass is 16.5. The fourth-order valence-electron chi connectivity index (χ4n) is 1.74. The van der Waals surface area contributed by atoms with Crippen molar-refractivity contribution in [3.63, 3.8) is 0 Å². The second kappa shape index (κ2) is 5.00. The van der Waals surface area contributed by atoms with Gasteiger partial charge in [-0.05, 0) is 26.0 Å². The van der Waals surface area contributed by atoms with Crippen molar-refractivity contribution < 1.29 is 9.53 Å². The average molecular weight is 245 g/mol. The summed E-state index contributed by atoms with van der Waals surface area (Å²) in [5.74, 6) is 0.351. The van der Waals surface area contributed by atoms with Crippen LogP contribution < -0.4 is 4.74 Å². The Kier molecular flexibility index (Phi) is 3.41. The van der Waals surface area contributed by atoms with E-state index in [2.05, 4.69) is 10.1 Å². The zero-order valence-electron chi connectivity index (χ0n) is 10.6. The zero-order chi connectivity index (χ0) is 13.1. The first-order chi connectivity index (χ1) is 8.65. The van der Waals surface area contributed by atoms with E-state index in [0.29, 0.717) is 17.0 Å². The van der Waals surface area contributed by atoms with Crippen LogP contribution in [0.5, 0.6) is 5.75 Å². The lowest BCUT2D eigenvalue weighted by Gasteiger charge is -2.11. The summed E-state index contributed by atoms with van der Waals surface area (Å²) in [6.07, 6.45) is 4.73. The molecular formula is C13H15N3O2. The van der Waals surface area contributed by atoms with Crippen molar-refractivity contribution in [3.8, 4) is 5.75 Å². The summed E-state index contributed by atoms with van der Waals surface area (Å²) in [4.78, 5) is 16.4. The normalized spacial score (nSPS) is 10.7. The van der Waals surface area contributed by atoms with Crippen LogP contribution in [0.4, 0.5) is 0 Å². The van der Waals surface area contributed by atoms with Gasteiger partial charge in [0.2, 0.25) is 5.78 Å². The van der Waals surface area contributed by atoms with Crippen LogP contribution in [0, 0.1) is 0 Å². The number of methoxy groups -OCH3 is 1. The molecule has 5 heteroatoms. The molecule has 0 saturated carbocycles. The number of carbonyl (C=O) groups is 1. The van der Waals surface area contributed by atoms with Crippen molar-refractivity contribution in [1.82, 2.24) is 14.8 Å². The van der Waals surface area contributed by atoms with Gasteiger partial charge in [-0.1, -0.05) is 0 Å². The third-order valence-corrected chi connectivity index (χ3v) is 2.61. The first-order valence-electron chi connectivity index (χ1n) is 5.71. The van der Waals surface area contributed by atoms with Crippen LogP contribution in [0.25, 0.3) is 0 Å². The second-order valence-electron chi connectivity index (χ2n) is 4.17. The van der Waals surface area contributed by atoms with Crippen molar-refractivity contribution in [1.29, 1.82) is 0 Å². The summed E-state index contributed by atoms with van der Waals surface area (Å²) >= 11 is 0. The van der Waals surface area contributed by atoms with Crippen molar-refractivity contribution in [2.24, 2.45) is 0 Å². The zero-order valence-corrected chi connectivity index (χ0v) is 10.6. The van der Waals surface area contributed by atoms with E-state index in [-0.39, 0.29) is 11.8 Å². The van der Waals surface area contributed by atoms with Gasteiger partial charge in [0.05, 0.1) is 13.3 Å². The van der Waals surface area contributed by atoms with Crippen molar-refractivity contribution in [2.75, 3.05) is 7.11 Å². The summed E-state index contributed by atoms with van der Waals surface area (Å²) in [5, 5.41) is 4.18.